The lowest BCUT2D eigenvalue weighted by molar-refractivity contribution is -0.132. The molecule has 0 saturated carbocycles. The average Bonchev–Trinajstić information content (AvgIpc) is 3.06. The van der Waals surface area contributed by atoms with Crippen molar-refractivity contribution in [1.82, 2.24) is 0 Å². The van der Waals surface area contributed by atoms with Crippen LogP contribution in [0.3, 0.4) is 0 Å². The van der Waals surface area contributed by atoms with Gasteiger partial charge in [0.1, 0.15) is 17.3 Å². The molecule has 0 spiro atoms. The van der Waals surface area contributed by atoms with Crippen molar-refractivity contribution >= 4 is 23.1 Å². The number of ketones is 1. The molecule has 6 heteroatoms. The van der Waals surface area contributed by atoms with Gasteiger partial charge >= 0.3 is 0 Å². The van der Waals surface area contributed by atoms with E-state index in [4.69, 9.17) is 4.74 Å². The van der Waals surface area contributed by atoms with Gasteiger partial charge in [-0.1, -0.05) is 30.3 Å². The van der Waals surface area contributed by atoms with Crippen LogP contribution in [0, 0.1) is 13.8 Å². The first-order valence-corrected chi connectivity index (χ1v) is 10.1. The Bertz CT molecular complexity index is 1260. The summed E-state index contributed by atoms with van der Waals surface area (Å²) in [7, 11) is 1.50. The smallest absolute Gasteiger partial charge is 0.300 e. The molecule has 1 amide bonds. The van der Waals surface area contributed by atoms with E-state index in [1.807, 2.05) is 26.0 Å². The molecule has 1 unspecified atom stereocenters. The Labute approximate surface area is 186 Å². The molecule has 1 atom stereocenters. The van der Waals surface area contributed by atoms with Crippen LogP contribution in [-0.4, -0.2) is 29.0 Å². The number of methoxy groups -OCH3 is 1. The van der Waals surface area contributed by atoms with Gasteiger partial charge < -0.3 is 14.9 Å². The molecule has 1 aliphatic heterocycles. The molecule has 0 radical (unpaired) electrons. The number of rotatable bonds is 4. The number of carbonyl (C=O) groups excluding carboxylic acids is 2. The molecule has 162 valence electrons. The molecule has 2 N–H and O–H groups in total. The summed E-state index contributed by atoms with van der Waals surface area (Å²) in [6, 6.07) is 17.6. The number of anilines is 1. The van der Waals surface area contributed by atoms with Gasteiger partial charge in [0.05, 0.1) is 18.7 Å². The van der Waals surface area contributed by atoms with E-state index in [2.05, 4.69) is 0 Å². The van der Waals surface area contributed by atoms with E-state index in [0.717, 1.165) is 11.1 Å². The van der Waals surface area contributed by atoms with Crippen LogP contribution < -0.4 is 9.64 Å². The number of amides is 1. The molecule has 0 bridgehead atoms. The summed E-state index contributed by atoms with van der Waals surface area (Å²) in [6.07, 6.45) is 0. The molecule has 0 aliphatic carbocycles. The molecule has 1 fully saturated rings. The third kappa shape index (κ3) is 3.60. The first-order chi connectivity index (χ1) is 15.3. The maximum absolute atomic E-state index is 13.2. The average molecular weight is 429 g/mol. The second-order valence-corrected chi connectivity index (χ2v) is 7.76. The monoisotopic (exact) mass is 429 g/mol. The molecular formula is C26H23NO5. The summed E-state index contributed by atoms with van der Waals surface area (Å²) in [5.74, 6) is -1.34. The van der Waals surface area contributed by atoms with Crippen LogP contribution >= 0.6 is 0 Å². The molecule has 0 aromatic heterocycles. The summed E-state index contributed by atoms with van der Waals surface area (Å²) < 4.78 is 5.23. The first-order valence-electron chi connectivity index (χ1n) is 10.1. The Kier molecular flexibility index (Phi) is 5.45. The number of nitrogens with zero attached hydrogens (tertiary/aromatic N) is 1. The second-order valence-electron chi connectivity index (χ2n) is 7.76. The Balaban J connectivity index is 1.96. The molecule has 6 nitrogen and oxygen atoms in total. The standard InChI is InChI=1S/C26H23NO5/c1-15-10-11-19(12-16(15)2)27-23(17-6-4-8-20(28)13-17)22(25(30)26(27)31)24(29)18-7-5-9-21(14-18)32-3/h4-14,23,28-29H,1-3H3/b24-22+. The van der Waals surface area contributed by atoms with E-state index in [9.17, 15) is 19.8 Å². The quantitative estimate of drug-likeness (QED) is 0.358. The Morgan fingerprint density at radius 1 is 0.938 bits per heavy atom. The van der Waals surface area contributed by atoms with Crippen molar-refractivity contribution in [2.75, 3.05) is 12.0 Å². The second kappa shape index (κ2) is 8.23. The van der Waals surface area contributed by atoms with Crippen molar-refractivity contribution in [2.45, 2.75) is 19.9 Å². The molecule has 3 aromatic carbocycles. The van der Waals surface area contributed by atoms with Crippen LogP contribution in [0.4, 0.5) is 5.69 Å². The van der Waals surface area contributed by atoms with Gasteiger partial charge in [0.15, 0.2) is 0 Å². The number of phenolic OH excluding ortho intramolecular Hbond substituents is 1. The lowest BCUT2D eigenvalue weighted by Gasteiger charge is -2.26. The van der Waals surface area contributed by atoms with Crippen molar-refractivity contribution in [3.8, 4) is 11.5 Å². The fraction of sp³-hybridized carbons (Fsp3) is 0.154. The van der Waals surface area contributed by atoms with Crippen LogP contribution in [0.1, 0.15) is 28.3 Å². The zero-order valence-corrected chi connectivity index (χ0v) is 18.0. The van der Waals surface area contributed by atoms with Crippen molar-refractivity contribution in [2.24, 2.45) is 0 Å². The summed E-state index contributed by atoms with van der Waals surface area (Å²) in [6.45, 7) is 3.89. The Morgan fingerprint density at radius 3 is 2.38 bits per heavy atom. The summed E-state index contributed by atoms with van der Waals surface area (Å²) >= 11 is 0. The third-order valence-electron chi connectivity index (χ3n) is 5.74. The fourth-order valence-corrected chi connectivity index (χ4v) is 3.91. The van der Waals surface area contributed by atoms with E-state index in [1.165, 1.54) is 24.1 Å². The van der Waals surface area contributed by atoms with Crippen molar-refractivity contribution in [1.29, 1.82) is 0 Å². The number of Topliss-reactive ketones (excluding diaryl/α,β-unsaturated/α-hetero) is 1. The molecule has 1 saturated heterocycles. The van der Waals surface area contributed by atoms with Crippen LogP contribution in [0.5, 0.6) is 11.5 Å². The van der Waals surface area contributed by atoms with E-state index in [1.54, 1.807) is 42.5 Å². The highest BCUT2D eigenvalue weighted by Gasteiger charge is 2.47. The normalized spacial score (nSPS) is 17.6. The van der Waals surface area contributed by atoms with Crippen LogP contribution in [-0.2, 0) is 9.59 Å². The zero-order chi connectivity index (χ0) is 23.0. The van der Waals surface area contributed by atoms with Gasteiger partial charge in [-0.15, -0.1) is 0 Å². The molecule has 4 rings (SSSR count). The molecular weight excluding hydrogens is 406 g/mol. The number of hydrogen-bond donors (Lipinski definition) is 2. The topological polar surface area (TPSA) is 87.1 Å². The number of carbonyl (C=O) groups is 2. The highest BCUT2D eigenvalue weighted by atomic mass is 16.5. The minimum Gasteiger partial charge on any atom is -0.508 e. The van der Waals surface area contributed by atoms with Gasteiger partial charge in [0.2, 0.25) is 0 Å². The van der Waals surface area contributed by atoms with Crippen molar-refractivity contribution in [3.63, 3.8) is 0 Å². The third-order valence-corrected chi connectivity index (χ3v) is 5.74. The lowest BCUT2D eigenvalue weighted by Crippen LogP contribution is -2.29. The Morgan fingerprint density at radius 2 is 1.69 bits per heavy atom. The summed E-state index contributed by atoms with van der Waals surface area (Å²) in [5, 5.41) is 21.2. The maximum atomic E-state index is 13.2. The van der Waals surface area contributed by atoms with Crippen LogP contribution in [0.15, 0.2) is 72.3 Å². The summed E-state index contributed by atoms with van der Waals surface area (Å²) in [4.78, 5) is 27.7. The molecule has 1 aliphatic rings. The number of benzene rings is 3. The van der Waals surface area contributed by atoms with Gasteiger partial charge in [0.25, 0.3) is 11.7 Å². The highest BCUT2D eigenvalue weighted by molar-refractivity contribution is 6.51. The highest BCUT2D eigenvalue weighted by Crippen LogP contribution is 2.43. The van der Waals surface area contributed by atoms with Crippen molar-refractivity contribution < 1.29 is 24.5 Å². The molecule has 32 heavy (non-hydrogen) atoms. The van der Waals surface area contributed by atoms with Gasteiger partial charge in [-0.05, 0) is 66.9 Å². The number of hydrogen-bond acceptors (Lipinski definition) is 5. The number of aliphatic hydroxyl groups excluding tert-OH is 1. The van der Waals surface area contributed by atoms with Crippen LogP contribution in [0.25, 0.3) is 5.76 Å². The van der Waals surface area contributed by atoms with E-state index in [-0.39, 0.29) is 17.1 Å². The van der Waals surface area contributed by atoms with E-state index < -0.39 is 17.7 Å². The van der Waals surface area contributed by atoms with Gasteiger partial charge in [-0.3, -0.25) is 14.5 Å². The minimum atomic E-state index is -0.907. The van der Waals surface area contributed by atoms with E-state index in [0.29, 0.717) is 22.6 Å². The SMILES string of the molecule is COc1cccc(/C(O)=C2\C(=O)C(=O)N(c3ccc(C)c(C)c3)C2c2cccc(O)c2)c1. The van der Waals surface area contributed by atoms with Gasteiger partial charge in [0, 0.05) is 11.3 Å². The summed E-state index contributed by atoms with van der Waals surface area (Å²) in [5.41, 5.74) is 3.36. The van der Waals surface area contributed by atoms with Gasteiger partial charge in [-0.2, -0.15) is 0 Å². The number of aliphatic hydroxyl groups is 1. The number of aryl methyl sites for hydroxylation is 2. The molecule has 3 aromatic rings. The fourth-order valence-electron chi connectivity index (χ4n) is 3.91. The predicted molar refractivity (Wildman–Crippen MR) is 122 cm³/mol. The van der Waals surface area contributed by atoms with Crippen molar-refractivity contribution in [3.05, 3.63) is 94.6 Å². The lowest BCUT2D eigenvalue weighted by atomic mass is 9.94. The molecule has 1 heterocycles. The first kappa shape index (κ1) is 21.2. The minimum absolute atomic E-state index is 0.00504. The van der Waals surface area contributed by atoms with E-state index >= 15 is 0 Å². The Hall–Kier alpha value is -4.06. The number of aromatic hydroxyl groups is 1. The maximum Gasteiger partial charge on any atom is 0.300 e. The zero-order valence-electron chi connectivity index (χ0n) is 18.0. The number of ether oxygens (including phenoxy) is 1. The predicted octanol–water partition coefficient (Wildman–Crippen LogP) is 4.64. The largest absolute Gasteiger partial charge is 0.508 e. The number of phenols is 1. The van der Waals surface area contributed by atoms with Crippen LogP contribution in [0.2, 0.25) is 0 Å². The van der Waals surface area contributed by atoms with Gasteiger partial charge in [-0.25, -0.2) is 0 Å².